The minimum absolute atomic E-state index is 0.0244. The number of aryl methyl sites for hydroxylation is 1. The van der Waals surface area contributed by atoms with Crippen molar-refractivity contribution < 1.29 is 9.59 Å². The number of piperazine rings is 1. The molecule has 1 heterocycles. The van der Waals surface area contributed by atoms with E-state index in [1.165, 1.54) is 0 Å². The normalized spacial score (nSPS) is 14.3. The van der Waals surface area contributed by atoms with Gasteiger partial charge in [0.25, 0.3) is 11.8 Å². The quantitative estimate of drug-likeness (QED) is 0.854. The summed E-state index contributed by atoms with van der Waals surface area (Å²) in [6.07, 6.45) is 0. The lowest BCUT2D eigenvalue weighted by atomic mass is 10.1. The number of hydrogen-bond acceptors (Lipinski definition) is 3. The Morgan fingerprint density at radius 1 is 0.808 bits per heavy atom. The summed E-state index contributed by atoms with van der Waals surface area (Å²) in [5.74, 6) is 0.0618. The van der Waals surface area contributed by atoms with Gasteiger partial charge in [-0.2, -0.15) is 0 Å². The second kappa shape index (κ2) is 7.60. The van der Waals surface area contributed by atoms with Crippen LogP contribution in [0.25, 0.3) is 0 Å². The lowest BCUT2D eigenvalue weighted by molar-refractivity contribution is 0.0535. The highest BCUT2D eigenvalue weighted by atomic mass is 16.2. The van der Waals surface area contributed by atoms with Gasteiger partial charge in [0, 0.05) is 57.1 Å². The van der Waals surface area contributed by atoms with Crippen molar-refractivity contribution in [2.75, 3.05) is 45.2 Å². The van der Waals surface area contributed by atoms with Crippen LogP contribution in [0.15, 0.2) is 48.5 Å². The van der Waals surface area contributed by atoms with Crippen LogP contribution in [0.5, 0.6) is 0 Å². The standard InChI is InChI=1S/C21H25N3O2/c1-16-6-4-7-17(14-16)20(25)23-10-12-24(13-11-23)21(26)18-8-5-9-19(15-18)22(2)3/h4-9,14-15H,10-13H2,1-3H3. The summed E-state index contributed by atoms with van der Waals surface area (Å²) in [6.45, 7) is 4.22. The molecule has 0 aliphatic carbocycles. The molecule has 136 valence electrons. The predicted molar refractivity (Wildman–Crippen MR) is 104 cm³/mol. The summed E-state index contributed by atoms with van der Waals surface area (Å²) in [6, 6.07) is 15.3. The predicted octanol–water partition coefficient (Wildman–Crippen LogP) is 2.66. The van der Waals surface area contributed by atoms with Crippen LogP contribution in [0.4, 0.5) is 5.69 Å². The summed E-state index contributed by atoms with van der Waals surface area (Å²) < 4.78 is 0. The van der Waals surface area contributed by atoms with E-state index in [-0.39, 0.29) is 11.8 Å². The molecule has 0 radical (unpaired) electrons. The van der Waals surface area contributed by atoms with Crippen molar-refractivity contribution in [3.05, 3.63) is 65.2 Å². The average Bonchev–Trinajstić information content (AvgIpc) is 2.67. The maximum atomic E-state index is 12.8. The van der Waals surface area contributed by atoms with Gasteiger partial charge >= 0.3 is 0 Å². The molecule has 0 atom stereocenters. The molecule has 2 amide bonds. The minimum Gasteiger partial charge on any atom is -0.378 e. The van der Waals surface area contributed by atoms with Gasteiger partial charge in [0.2, 0.25) is 0 Å². The molecule has 3 rings (SSSR count). The van der Waals surface area contributed by atoms with E-state index >= 15 is 0 Å². The fourth-order valence-corrected chi connectivity index (χ4v) is 3.17. The van der Waals surface area contributed by atoms with E-state index in [2.05, 4.69) is 0 Å². The molecular formula is C21H25N3O2. The first-order valence-electron chi connectivity index (χ1n) is 8.88. The maximum absolute atomic E-state index is 12.8. The molecule has 0 bridgehead atoms. The Bertz CT molecular complexity index is 808. The fourth-order valence-electron chi connectivity index (χ4n) is 3.17. The molecule has 26 heavy (non-hydrogen) atoms. The number of anilines is 1. The van der Waals surface area contributed by atoms with Gasteiger partial charge in [-0.3, -0.25) is 9.59 Å². The van der Waals surface area contributed by atoms with Crippen molar-refractivity contribution in [2.45, 2.75) is 6.92 Å². The first-order valence-corrected chi connectivity index (χ1v) is 8.88. The molecule has 5 nitrogen and oxygen atoms in total. The lowest BCUT2D eigenvalue weighted by Crippen LogP contribution is -2.50. The monoisotopic (exact) mass is 351 g/mol. The van der Waals surface area contributed by atoms with E-state index in [0.717, 1.165) is 11.3 Å². The number of hydrogen-bond donors (Lipinski definition) is 0. The molecule has 2 aromatic carbocycles. The molecular weight excluding hydrogens is 326 g/mol. The van der Waals surface area contributed by atoms with E-state index in [1.807, 2.05) is 84.2 Å². The van der Waals surface area contributed by atoms with Crippen molar-refractivity contribution in [2.24, 2.45) is 0 Å². The SMILES string of the molecule is Cc1cccc(C(=O)N2CCN(C(=O)c3cccc(N(C)C)c3)CC2)c1. The zero-order valence-corrected chi connectivity index (χ0v) is 15.6. The van der Waals surface area contributed by atoms with Crippen LogP contribution >= 0.6 is 0 Å². The van der Waals surface area contributed by atoms with Crippen LogP contribution in [-0.4, -0.2) is 61.9 Å². The third kappa shape index (κ3) is 3.87. The average molecular weight is 351 g/mol. The van der Waals surface area contributed by atoms with Gasteiger partial charge in [-0.05, 0) is 37.3 Å². The number of benzene rings is 2. The molecule has 0 spiro atoms. The summed E-state index contributed by atoms with van der Waals surface area (Å²) in [7, 11) is 3.92. The third-order valence-corrected chi connectivity index (χ3v) is 4.73. The van der Waals surface area contributed by atoms with Gasteiger partial charge in [0.05, 0.1) is 0 Å². The highest BCUT2D eigenvalue weighted by Gasteiger charge is 2.25. The Hall–Kier alpha value is -2.82. The van der Waals surface area contributed by atoms with Crippen molar-refractivity contribution in [3.63, 3.8) is 0 Å². The van der Waals surface area contributed by atoms with Crippen LogP contribution in [0.1, 0.15) is 26.3 Å². The molecule has 1 saturated heterocycles. The molecule has 1 aliphatic rings. The van der Waals surface area contributed by atoms with E-state index in [1.54, 1.807) is 0 Å². The first kappa shape index (κ1) is 18.0. The Morgan fingerprint density at radius 3 is 1.81 bits per heavy atom. The topological polar surface area (TPSA) is 43.9 Å². The van der Waals surface area contributed by atoms with E-state index in [9.17, 15) is 9.59 Å². The van der Waals surface area contributed by atoms with Gasteiger partial charge in [-0.15, -0.1) is 0 Å². The smallest absolute Gasteiger partial charge is 0.254 e. The zero-order chi connectivity index (χ0) is 18.7. The van der Waals surface area contributed by atoms with Gasteiger partial charge < -0.3 is 14.7 Å². The largest absolute Gasteiger partial charge is 0.378 e. The zero-order valence-electron chi connectivity index (χ0n) is 15.6. The number of carbonyl (C=O) groups excluding carboxylic acids is 2. The Balaban J connectivity index is 1.64. The Morgan fingerprint density at radius 2 is 1.31 bits per heavy atom. The van der Waals surface area contributed by atoms with Gasteiger partial charge in [-0.1, -0.05) is 23.8 Å². The highest BCUT2D eigenvalue weighted by Crippen LogP contribution is 2.17. The summed E-state index contributed by atoms with van der Waals surface area (Å²) >= 11 is 0. The first-order chi connectivity index (χ1) is 12.5. The second-order valence-electron chi connectivity index (χ2n) is 6.90. The molecule has 1 aliphatic heterocycles. The maximum Gasteiger partial charge on any atom is 0.254 e. The molecule has 0 saturated carbocycles. The van der Waals surface area contributed by atoms with Crippen molar-refractivity contribution in [1.82, 2.24) is 9.80 Å². The number of carbonyl (C=O) groups is 2. The molecule has 5 heteroatoms. The van der Waals surface area contributed by atoms with E-state index < -0.39 is 0 Å². The number of amides is 2. The fraction of sp³-hybridized carbons (Fsp3) is 0.333. The molecule has 0 aromatic heterocycles. The molecule has 1 fully saturated rings. The molecule has 2 aromatic rings. The van der Waals surface area contributed by atoms with E-state index in [0.29, 0.717) is 37.3 Å². The van der Waals surface area contributed by atoms with Crippen LogP contribution in [0, 0.1) is 6.92 Å². The van der Waals surface area contributed by atoms with Crippen LogP contribution in [0.3, 0.4) is 0 Å². The summed E-state index contributed by atoms with van der Waals surface area (Å²) in [5.41, 5.74) is 3.48. The Labute approximate surface area is 154 Å². The van der Waals surface area contributed by atoms with E-state index in [4.69, 9.17) is 0 Å². The van der Waals surface area contributed by atoms with Gasteiger partial charge in [0.1, 0.15) is 0 Å². The summed E-state index contributed by atoms with van der Waals surface area (Å²) in [4.78, 5) is 31.0. The van der Waals surface area contributed by atoms with Crippen molar-refractivity contribution in [1.29, 1.82) is 0 Å². The molecule has 0 unspecified atom stereocenters. The van der Waals surface area contributed by atoms with Crippen molar-refractivity contribution >= 4 is 17.5 Å². The van der Waals surface area contributed by atoms with Crippen LogP contribution in [0.2, 0.25) is 0 Å². The highest BCUT2D eigenvalue weighted by molar-refractivity contribution is 5.96. The van der Waals surface area contributed by atoms with Gasteiger partial charge in [0.15, 0.2) is 0 Å². The second-order valence-corrected chi connectivity index (χ2v) is 6.90. The van der Waals surface area contributed by atoms with Crippen LogP contribution in [-0.2, 0) is 0 Å². The lowest BCUT2D eigenvalue weighted by Gasteiger charge is -2.35. The van der Waals surface area contributed by atoms with Crippen LogP contribution < -0.4 is 4.90 Å². The van der Waals surface area contributed by atoms with Gasteiger partial charge in [-0.25, -0.2) is 0 Å². The Kier molecular flexibility index (Phi) is 5.26. The summed E-state index contributed by atoms with van der Waals surface area (Å²) in [5, 5.41) is 0. The minimum atomic E-state index is 0.0244. The number of rotatable bonds is 3. The molecule has 0 N–H and O–H groups in total. The number of nitrogens with zero attached hydrogens (tertiary/aromatic N) is 3. The third-order valence-electron chi connectivity index (χ3n) is 4.73. The van der Waals surface area contributed by atoms with Crippen molar-refractivity contribution in [3.8, 4) is 0 Å².